The van der Waals surface area contributed by atoms with Gasteiger partial charge in [0, 0.05) is 12.8 Å². The Labute approximate surface area is 148 Å². The Kier molecular flexibility index (Phi) is 21.1. The molecule has 0 saturated heterocycles. The molecule has 0 heteroatoms. The number of hydrogen-bond acceptors (Lipinski definition) is 0. The van der Waals surface area contributed by atoms with Crippen LogP contribution in [0, 0.1) is 11.8 Å². The van der Waals surface area contributed by atoms with Crippen LogP contribution >= 0.6 is 0 Å². The molecule has 0 unspecified atom stereocenters. The highest BCUT2D eigenvalue weighted by Crippen LogP contribution is 2.13. The van der Waals surface area contributed by atoms with E-state index in [9.17, 15) is 0 Å². The van der Waals surface area contributed by atoms with Crippen LogP contribution in [0.2, 0.25) is 0 Å². The van der Waals surface area contributed by atoms with Gasteiger partial charge in [-0.2, -0.15) is 0 Å². The maximum Gasteiger partial charge on any atom is 0.00886 e. The molecule has 0 heterocycles. The Morgan fingerprint density at radius 2 is 0.696 bits per heavy atom. The molecule has 0 aliphatic carbocycles. The van der Waals surface area contributed by atoms with Crippen LogP contribution in [-0.4, -0.2) is 0 Å². The van der Waals surface area contributed by atoms with Gasteiger partial charge >= 0.3 is 0 Å². The summed E-state index contributed by atoms with van der Waals surface area (Å²) in [6.45, 7) is 4.49. The van der Waals surface area contributed by atoms with Crippen molar-refractivity contribution in [1.82, 2.24) is 0 Å². The van der Waals surface area contributed by atoms with Crippen molar-refractivity contribution in [2.75, 3.05) is 0 Å². The van der Waals surface area contributed by atoms with Crippen molar-refractivity contribution >= 4 is 0 Å². The summed E-state index contributed by atoms with van der Waals surface area (Å²) in [5, 5.41) is 0. The van der Waals surface area contributed by atoms with Gasteiger partial charge in [-0.05, 0) is 12.8 Å². The lowest BCUT2D eigenvalue weighted by atomic mass is 10.0. The van der Waals surface area contributed by atoms with E-state index in [1.807, 2.05) is 0 Å². The predicted molar refractivity (Wildman–Crippen MR) is 107 cm³/mol. The van der Waals surface area contributed by atoms with Gasteiger partial charge in [-0.3, -0.25) is 0 Å². The molecule has 0 rings (SSSR count). The first kappa shape index (κ1) is 22.6. The van der Waals surface area contributed by atoms with Crippen LogP contribution in [0.1, 0.15) is 136 Å². The van der Waals surface area contributed by atoms with Crippen LogP contribution in [0.15, 0.2) is 0 Å². The lowest BCUT2D eigenvalue weighted by Crippen LogP contribution is -1.83. The zero-order valence-electron chi connectivity index (χ0n) is 16.4. The van der Waals surface area contributed by atoms with Crippen molar-refractivity contribution in [2.45, 2.75) is 136 Å². The summed E-state index contributed by atoms with van der Waals surface area (Å²) in [7, 11) is 0. The van der Waals surface area contributed by atoms with E-state index in [0.29, 0.717) is 0 Å². The van der Waals surface area contributed by atoms with Gasteiger partial charge in [0.05, 0.1) is 0 Å². The zero-order valence-corrected chi connectivity index (χ0v) is 16.4. The molecule has 0 bridgehead atoms. The smallest absolute Gasteiger partial charge is 0.00886 e. The summed E-state index contributed by atoms with van der Waals surface area (Å²) < 4.78 is 0. The van der Waals surface area contributed by atoms with Gasteiger partial charge in [0.1, 0.15) is 0 Å². The average Bonchev–Trinajstić information content (AvgIpc) is 2.57. The Bertz CT molecular complexity index is 255. The molecule has 0 aliphatic heterocycles. The molecule has 0 spiro atoms. The van der Waals surface area contributed by atoms with Crippen molar-refractivity contribution in [2.24, 2.45) is 0 Å². The summed E-state index contributed by atoms with van der Waals surface area (Å²) in [5.74, 6) is 6.52. The monoisotopic (exact) mass is 320 g/mol. The lowest BCUT2D eigenvalue weighted by Gasteiger charge is -2.03. The van der Waals surface area contributed by atoms with Crippen molar-refractivity contribution in [3.05, 3.63) is 0 Å². The standard InChI is InChI=1S/C23H44/c1-3-5-7-9-11-13-15-17-19-21-23-22-20-18-16-14-12-10-8-6-4-2/h3-7,9,11-23H2,1-2H3. The molecule has 0 fully saturated rings. The third kappa shape index (κ3) is 21.6. The van der Waals surface area contributed by atoms with Crippen LogP contribution in [0.4, 0.5) is 0 Å². The Balaban J connectivity index is 2.99. The molecule has 0 nitrogen and oxygen atoms in total. The fourth-order valence-corrected chi connectivity index (χ4v) is 3.06. The maximum absolute atomic E-state index is 3.29. The van der Waals surface area contributed by atoms with E-state index >= 15 is 0 Å². The van der Waals surface area contributed by atoms with Crippen molar-refractivity contribution < 1.29 is 0 Å². The minimum absolute atomic E-state index is 1.08. The Morgan fingerprint density at radius 1 is 0.348 bits per heavy atom. The van der Waals surface area contributed by atoms with Gasteiger partial charge < -0.3 is 0 Å². The number of rotatable bonds is 17. The highest BCUT2D eigenvalue weighted by Gasteiger charge is 1.94. The predicted octanol–water partition coefficient (Wildman–Crippen LogP) is 8.44. The normalized spacial score (nSPS) is 10.5. The second kappa shape index (κ2) is 21.6. The van der Waals surface area contributed by atoms with Gasteiger partial charge in [0.2, 0.25) is 0 Å². The zero-order chi connectivity index (χ0) is 16.8. The summed E-state index contributed by atoms with van der Waals surface area (Å²) in [5.41, 5.74) is 0. The first-order valence-corrected chi connectivity index (χ1v) is 10.9. The molecule has 0 aromatic carbocycles. The summed E-state index contributed by atoms with van der Waals surface area (Å²) in [6.07, 6.45) is 26.5. The van der Waals surface area contributed by atoms with Crippen LogP contribution in [0.5, 0.6) is 0 Å². The van der Waals surface area contributed by atoms with E-state index in [-0.39, 0.29) is 0 Å². The van der Waals surface area contributed by atoms with Gasteiger partial charge in [0.15, 0.2) is 0 Å². The van der Waals surface area contributed by atoms with E-state index in [1.54, 1.807) is 0 Å². The Morgan fingerprint density at radius 3 is 1.09 bits per heavy atom. The molecule has 23 heavy (non-hydrogen) atoms. The highest BCUT2D eigenvalue weighted by atomic mass is 14.0. The molecule has 136 valence electrons. The molecule has 0 atom stereocenters. The van der Waals surface area contributed by atoms with Crippen molar-refractivity contribution in [1.29, 1.82) is 0 Å². The minimum Gasteiger partial charge on any atom is -0.103 e. The third-order valence-electron chi connectivity index (χ3n) is 4.66. The van der Waals surface area contributed by atoms with E-state index in [0.717, 1.165) is 12.8 Å². The number of unbranched alkanes of at least 4 members (excludes halogenated alkanes) is 17. The number of hydrogen-bond donors (Lipinski definition) is 0. The van der Waals surface area contributed by atoms with E-state index in [2.05, 4.69) is 25.7 Å². The molecule has 0 N–H and O–H groups in total. The van der Waals surface area contributed by atoms with Crippen LogP contribution < -0.4 is 0 Å². The molecule has 0 aliphatic rings. The quantitative estimate of drug-likeness (QED) is 0.186. The van der Waals surface area contributed by atoms with Crippen molar-refractivity contribution in [3.63, 3.8) is 0 Å². The topological polar surface area (TPSA) is 0 Å². The average molecular weight is 321 g/mol. The fraction of sp³-hybridized carbons (Fsp3) is 0.913. The van der Waals surface area contributed by atoms with Crippen molar-refractivity contribution in [3.8, 4) is 11.8 Å². The first-order valence-electron chi connectivity index (χ1n) is 10.9. The van der Waals surface area contributed by atoms with Gasteiger partial charge in [-0.1, -0.05) is 110 Å². The van der Waals surface area contributed by atoms with Crippen LogP contribution in [-0.2, 0) is 0 Å². The van der Waals surface area contributed by atoms with Crippen LogP contribution in [0.25, 0.3) is 0 Å². The first-order chi connectivity index (χ1) is 11.4. The second-order valence-electron chi connectivity index (χ2n) is 7.16. The largest absolute Gasteiger partial charge is 0.103 e. The van der Waals surface area contributed by atoms with Gasteiger partial charge in [0.25, 0.3) is 0 Å². The Hall–Kier alpha value is -0.440. The van der Waals surface area contributed by atoms with E-state index in [1.165, 1.54) is 109 Å². The van der Waals surface area contributed by atoms with Gasteiger partial charge in [-0.15, -0.1) is 11.8 Å². The SMILES string of the molecule is CCCC#CCCCCCCCCCCCCCCCCCC. The minimum atomic E-state index is 1.08. The molecule has 0 amide bonds. The summed E-state index contributed by atoms with van der Waals surface area (Å²) in [4.78, 5) is 0. The van der Waals surface area contributed by atoms with E-state index in [4.69, 9.17) is 0 Å². The highest BCUT2D eigenvalue weighted by molar-refractivity contribution is 4.98. The molecular formula is C23H44. The molecule has 0 aromatic rings. The summed E-state index contributed by atoms with van der Waals surface area (Å²) >= 11 is 0. The van der Waals surface area contributed by atoms with Gasteiger partial charge in [-0.25, -0.2) is 0 Å². The fourth-order valence-electron chi connectivity index (χ4n) is 3.06. The van der Waals surface area contributed by atoms with E-state index < -0.39 is 0 Å². The molecule has 0 radical (unpaired) electrons. The third-order valence-corrected chi connectivity index (χ3v) is 4.66. The maximum atomic E-state index is 3.29. The molecule has 0 saturated carbocycles. The summed E-state index contributed by atoms with van der Waals surface area (Å²) in [6, 6.07) is 0. The molecular weight excluding hydrogens is 276 g/mol. The second-order valence-corrected chi connectivity index (χ2v) is 7.16. The lowest BCUT2D eigenvalue weighted by molar-refractivity contribution is 0.530. The van der Waals surface area contributed by atoms with Crippen LogP contribution in [0.3, 0.4) is 0 Å². The molecule has 0 aromatic heterocycles.